The average molecular weight is 280 g/mol. The van der Waals surface area contributed by atoms with Crippen molar-refractivity contribution in [3.05, 3.63) is 63.7 Å². The zero-order valence-corrected chi connectivity index (χ0v) is 10.6. The quantitative estimate of drug-likeness (QED) is 0.723. The lowest BCUT2D eigenvalue weighted by molar-refractivity contribution is 0.0975. The Morgan fingerprint density at radius 3 is 2.05 bits per heavy atom. The molecule has 0 spiro atoms. The van der Waals surface area contributed by atoms with Gasteiger partial charge in [-0.05, 0) is 6.07 Å². The fraction of sp³-hybridized carbons (Fsp3) is 0. The first-order valence-corrected chi connectivity index (χ1v) is 6.09. The molecule has 3 rings (SSSR count). The molecule has 0 amide bonds. The molecule has 0 saturated carbocycles. The number of fused-ring (bicyclic) bond motifs is 2. The summed E-state index contributed by atoms with van der Waals surface area (Å²) in [5, 5.41) is 9.87. The number of rotatable bonds is 2. The van der Waals surface area contributed by atoms with Gasteiger partial charge in [0.1, 0.15) is 5.75 Å². The van der Waals surface area contributed by atoms with Crippen LogP contribution in [0.2, 0.25) is 0 Å². The van der Waals surface area contributed by atoms with Gasteiger partial charge in [-0.1, -0.05) is 24.3 Å². The first-order valence-electron chi connectivity index (χ1n) is 6.09. The predicted octanol–water partition coefficient (Wildman–Crippen LogP) is 1.79. The Morgan fingerprint density at radius 1 is 0.857 bits per heavy atom. The fourth-order valence-corrected chi connectivity index (χ4v) is 2.50. The lowest BCUT2D eigenvalue weighted by Crippen LogP contribution is -2.23. The maximum absolute atomic E-state index is 12.5. The molecule has 0 aliphatic heterocycles. The largest absolute Gasteiger partial charge is 0.506 e. The average Bonchev–Trinajstić information content (AvgIpc) is 2.52. The van der Waals surface area contributed by atoms with Crippen molar-refractivity contribution < 1.29 is 24.3 Å². The third kappa shape index (κ3) is 1.64. The molecule has 5 nitrogen and oxygen atoms in total. The van der Waals surface area contributed by atoms with E-state index in [1.54, 1.807) is 12.1 Å². The van der Waals surface area contributed by atoms with Gasteiger partial charge >= 0.3 is 0 Å². The van der Waals surface area contributed by atoms with Gasteiger partial charge in [-0.25, -0.2) is 0 Å². The number of aldehydes is 2. The number of ketones is 2. The van der Waals surface area contributed by atoms with Gasteiger partial charge in [-0.3, -0.25) is 19.2 Å². The molecule has 21 heavy (non-hydrogen) atoms. The molecular weight excluding hydrogens is 272 g/mol. The highest BCUT2D eigenvalue weighted by Crippen LogP contribution is 2.34. The molecular formula is C16H8O5. The van der Waals surface area contributed by atoms with Crippen molar-refractivity contribution in [3.63, 3.8) is 0 Å². The zero-order chi connectivity index (χ0) is 15.1. The molecule has 102 valence electrons. The van der Waals surface area contributed by atoms with Crippen LogP contribution < -0.4 is 0 Å². The van der Waals surface area contributed by atoms with E-state index < -0.39 is 17.3 Å². The molecule has 1 aliphatic rings. The van der Waals surface area contributed by atoms with Crippen molar-refractivity contribution >= 4 is 24.1 Å². The predicted molar refractivity (Wildman–Crippen MR) is 72.2 cm³/mol. The molecule has 0 unspecified atom stereocenters. The van der Waals surface area contributed by atoms with Crippen LogP contribution >= 0.6 is 0 Å². The van der Waals surface area contributed by atoms with Crippen molar-refractivity contribution in [1.82, 2.24) is 0 Å². The maximum atomic E-state index is 12.5. The highest BCUT2D eigenvalue weighted by atomic mass is 16.3. The van der Waals surface area contributed by atoms with Gasteiger partial charge in [0.2, 0.25) is 0 Å². The summed E-state index contributed by atoms with van der Waals surface area (Å²) in [6.45, 7) is 0. The van der Waals surface area contributed by atoms with Gasteiger partial charge in [-0.15, -0.1) is 0 Å². The topological polar surface area (TPSA) is 88.5 Å². The van der Waals surface area contributed by atoms with Crippen LogP contribution in [0.5, 0.6) is 5.75 Å². The van der Waals surface area contributed by atoms with Crippen LogP contribution in [0, 0.1) is 0 Å². The van der Waals surface area contributed by atoms with Crippen LogP contribution in [0.3, 0.4) is 0 Å². The van der Waals surface area contributed by atoms with Crippen LogP contribution in [-0.2, 0) is 0 Å². The molecule has 0 atom stereocenters. The molecule has 0 radical (unpaired) electrons. The van der Waals surface area contributed by atoms with Gasteiger partial charge in [0.05, 0.1) is 11.1 Å². The zero-order valence-electron chi connectivity index (χ0n) is 10.6. The minimum Gasteiger partial charge on any atom is -0.506 e. The van der Waals surface area contributed by atoms with E-state index in [0.717, 1.165) is 6.07 Å². The Kier molecular flexibility index (Phi) is 2.76. The molecule has 0 bridgehead atoms. The second kappa shape index (κ2) is 4.49. The fourth-order valence-electron chi connectivity index (χ4n) is 2.50. The van der Waals surface area contributed by atoms with Crippen molar-refractivity contribution in [2.45, 2.75) is 0 Å². The van der Waals surface area contributed by atoms with Crippen LogP contribution in [0.4, 0.5) is 0 Å². The van der Waals surface area contributed by atoms with E-state index in [0.29, 0.717) is 6.29 Å². The SMILES string of the molecule is O=Cc1cc2c(c(C=O)c1O)C(=O)c1ccccc1C2=O. The summed E-state index contributed by atoms with van der Waals surface area (Å²) in [5.41, 5.74) is -0.331. The summed E-state index contributed by atoms with van der Waals surface area (Å²) in [7, 11) is 0. The lowest BCUT2D eigenvalue weighted by Gasteiger charge is -2.19. The number of hydrogen-bond acceptors (Lipinski definition) is 5. The highest BCUT2D eigenvalue weighted by molar-refractivity contribution is 6.30. The molecule has 2 aromatic rings. The Morgan fingerprint density at radius 2 is 1.48 bits per heavy atom. The first kappa shape index (κ1) is 12.9. The third-order valence-corrected chi connectivity index (χ3v) is 3.50. The number of aromatic hydroxyl groups is 1. The Labute approximate surface area is 118 Å². The van der Waals surface area contributed by atoms with E-state index in [-0.39, 0.29) is 39.7 Å². The summed E-state index contributed by atoms with van der Waals surface area (Å²) in [6, 6.07) is 7.36. The molecule has 2 aromatic carbocycles. The van der Waals surface area contributed by atoms with E-state index in [1.165, 1.54) is 12.1 Å². The minimum absolute atomic E-state index is 0.0410. The Hall–Kier alpha value is -3.08. The summed E-state index contributed by atoms with van der Waals surface area (Å²) in [5.74, 6) is -1.55. The summed E-state index contributed by atoms with van der Waals surface area (Å²) in [4.78, 5) is 47.0. The molecule has 5 heteroatoms. The van der Waals surface area contributed by atoms with Crippen molar-refractivity contribution in [1.29, 1.82) is 0 Å². The summed E-state index contributed by atoms with van der Waals surface area (Å²) in [6.07, 6.45) is 0.612. The number of carbonyl (C=O) groups is 4. The second-order valence-electron chi connectivity index (χ2n) is 4.59. The standard InChI is InChI=1S/C16H8O5/c17-6-8-5-11-13(12(7-18)14(8)19)16(21)10-4-2-1-3-9(10)15(11)20/h1-7,19H. The van der Waals surface area contributed by atoms with E-state index in [9.17, 15) is 24.3 Å². The van der Waals surface area contributed by atoms with Gasteiger partial charge in [0.25, 0.3) is 0 Å². The Bertz CT molecular complexity index is 833. The van der Waals surface area contributed by atoms with E-state index in [2.05, 4.69) is 0 Å². The van der Waals surface area contributed by atoms with Crippen molar-refractivity contribution in [3.8, 4) is 5.75 Å². The minimum atomic E-state index is -0.584. The van der Waals surface area contributed by atoms with E-state index >= 15 is 0 Å². The van der Waals surface area contributed by atoms with Gasteiger partial charge in [0.15, 0.2) is 24.1 Å². The number of carbonyl (C=O) groups excluding carboxylic acids is 4. The van der Waals surface area contributed by atoms with Crippen LogP contribution in [-0.4, -0.2) is 29.2 Å². The molecule has 0 aromatic heterocycles. The second-order valence-corrected chi connectivity index (χ2v) is 4.59. The number of hydrogen-bond donors (Lipinski definition) is 1. The van der Waals surface area contributed by atoms with E-state index in [1.807, 2.05) is 0 Å². The Balaban J connectivity index is 2.43. The molecule has 1 aliphatic carbocycles. The van der Waals surface area contributed by atoms with Gasteiger partial charge < -0.3 is 5.11 Å². The number of benzene rings is 2. The third-order valence-electron chi connectivity index (χ3n) is 3.50. The van der Waals surface area contributed by atoms with Crippen molar-refractivity contribution in [2.75, 3.05) is 0 Å². The van der Waals surface area contributed by atoms with Crippen LogP contribution in [0.1, 0.15) is 52.6 Å². The number of phenolic OH excluding ortho intramolecular Hbond substituents is 1. The van der Waals surface area contributed by atoms with E-state index in [4.69, 9.17) is 0 Å². The summed E-state index contributed by atoms with van der Waals surface area (Å²) < 4.78 is 0. The summed E-state index contributed by atoms with van der Waals surface area (Å²) >= 11 is 0. The molecule has 0 heterocycles. The lowest BCUT2D eigenvalue weighted by atomic mass is 9.81. The first-order chi connectivity index (χ1) is 10.1. The van der Waals surface area contributed by atoms with Gasteiger partial charge in [-0.2, -0.15) is 0 Å². The monoisotopic (exact) mass is 280 g/mol. The molecule has 1 N–H and O–H groups in total. The molecule has 0 saturated heterocycles. The van der Waals surface area contributed by atoms with Crippen molar-refractivity contribution in [2.24, 2.45) is 0 Å². The highest BCUT2D eigenvalue weighted by Gasteiger charge is 2.33. The van der Waals surface area contributed by atoms with Crippen LogP contribution in [0.25, 0.3) is 0 Å². The molecule has 0 fully saturated rings. The normalized spacial score (nSPS) is 12.6. The van der Waals surface area contributed by atoms with Crippen LogP contribution in [0.15, 0.2) is 30.3 Å². The smallest absolute Gasteiger partial charge is 0.195 e. The van der Waals surface area contributed by atoms with Gasteiger partial charge in [0, 0.05) is 22.3 Å². The number of phenols is 1. The maximum Gasteiger partial charge on any atom is 0.195 e.